The van der Waals surface area contributed by atoms with E-state index in [1.54, 1.807) is 24.3 Å². The molecule has 8 nitrogen and oxygen atoms in total. The Labute approximate surface area is 190 Å². The quantitative estimate of drug-likeness (QED) is 0.660. The molecule has 0 aliphatic carbocycles. The minimum absolute atomic E-state index is 0.0891. The number of hydrogen-bond acceptors (Lipinski definition) is 5. The fourth-order valence-electron chi connectivity index (χ4n) is 4.59. The SMILES string of the molecule is CCn1cc(CN2CCN(C(=O)C3CCN(S(=O)(=O)c4ccccc4)CC3)CC2)c(C)n1. The molecule has 9 heteroatoms. The molecule has 2 aliphatic rings. The van der Waals surface area contributed by atoms with Gasteiger partial charge in [0.1, 0.15) is 0 Å². The van der Waals surface area contributed by atoms with Crippen LogP contribution in [0.25, 0.3) is 0 Å². The first kappa shape index (κ1) is 22.9. The Hall–Kier alpha value is -2.23. The molecule has 3 heterocycles. The zero-order valence-corrected chi connectivity index (χ0v) is 19.8. The van der Waals surface area contributed by atoms with Gasteiger partial charge in [-0.05, 0) is 38.8 Å². The van der Waals surface area contributed by atoms with Crippen LogP contribution in [0.15, 0.2) is 41.4 Å². The van der Waals surface area contributed by atoms with Gasteiger partial charge in [0, 0.05) is 70.0 Å². The molecule has 1 amide bonds. The van der Waals surface area contributed by atoms with Gasteiger partial charge < -0.3 is 4.90 Å². The van der Waals surface area contributed by atoms with Crippen molar-refractivity contribution in [1.82, 2.24) is 23.9 Å². The van der Waals surface area contributed by atoms with Crippen LogP contribution in [0.2, 0.25) is 0 Å². The zero-order valence-electron chi connectivity index (χ0n) is 19.0. The summed E-state index contributed by atoms with van der Waals surface area (Å²) < 4.78 is 29.1. The molecule has 0 bridgehead atoms. The molecular formula is C23H33N5O3S. The Kier molecular flexibility index (Phi) is 6.97. The topological polar surface area (TPSA) is 78.8 Å². The van der Waals surface area contributed by atoms with Gasteiger partial charge in [0.25, 0.3) is 0 Å². The predicted molar refractivity (Wildman–Crippen MR) is 122 cm³/mol. The Morgan fingerprint density at radius 2 is 1.69 bits per heavy atom. The van der Waals surface area contributed by atoms with E-state index >= 15 is 0 Å². The number of amides is 1. The number of aryl methyl sites for hydroxylation is 2. The van der Waals surface area contributed by atoms with Crippen molar-refractivity contribution in [3.8, 4) is 0 Å². The maximum Gasteiger partial charge on any atom is 0.243 e. The van der Waals surface area contributed by atoms with Gasteiger partial charge in [-0.3, -0.25) is 14.4 Å². The van der Waals surface area contributed by atoms with Gasteiger partial charge in [0.05, 0.1) is 10.6 Å². The maximum absolute atomic E-state index is 13.1. The van der Waals surface area contributed by atoms with Crippen molar-refractivity contribution in [1.29, 1.82) is 0 Å². The molecule has 2 fully saturated rings. The number of hydrogen-bond donors (Lipinski definition) is 0. The summed E-state index contributed by atoms with van der Waals surface area (Å²) in [5.41, 5.74) is 2.32. The molecule has 0 N–H and O–H groups in total. The van der Waals surface area contributed by atoms with Gasteiger partial charge >= 0.3 is 0 Å². The Morgan fingerprint density at radius 1 is 1.03 bits per heavy atom. The summed E-state index contributed by atoms with van der Waals surface area (Å²) in [7, 11) is -3.48. The van der Waals surface area contributed by atoms with Gasteiger partial charge in [0.2, 0.25) is 15.9 Å². The van der Waals surface area contributed by atoms with Crippen molar-refractivity contribution < 1.29 is 13.2 Å². The summed E-state index contributed by atoms with van der Waals surface area (Å²) in [6, 6.07) is 8.53. The van der Waals surface area contributed by atoms with Crippen molar-refractivity contribution in [2.24, 2.45) is 5.92 Å². The Bertz CT molecular complexity index is 1020. The number of piperazine rings is 1. The second-order valence-corrected chi connectivity index (χ2v) is 10.6. The molecule has 2 aliphatic heterocycles. The van der Waals surface area contributed by atoms with E-state index in [4.69, 9.17) is 0 Å². The monoisotopic (exact) mass is 459 g/mol. The molecule has 0 unspecified atom stereocenters. The summed E-state index contributed by atoms with van der Waals surface area (Å²) >= 11 is 0. The number of aromatic nitrogens is 2. The van der Waals surface area contributed by atoms with Gasteiger partial charge in [0.15, 0.2) is 0 Å². The number of rotatable bonds is 6. The van der Waals surface area contributed by atoms with E-state index in [-0.39, 0.29) is 11.8 Å². The summed E-state index contributed by atoms with van der Waals surface area (Å²) in [5, 5.41) is 4.52. The van der Waals surface area contributed by atoms with Crippen LogP contribution in [0.3, 0.4) is 0 Å². The highest BCUT2D eigenvalue weighted by Gasteiger charge is 2.34. The minimum Gasteiger partial charge on any atom is -0.340 e. The highest BCUT2D eigenvalue weighted by atomic mass is 32.2. The van der Waals surface area contributed by atoms with Gasteiger partial charge in [-0.25, -0.2) is 8.42 Å². The number of carbonyl (C=O) groups is 1. The molecule has 174 valence electrons. The van der Waals surface area contributed by atoms with Crippen molar-refractivity contribution >= 4 is 15.9 Å². The first-order valence-corrected chi connectivity index (χ1v) is 12.9. The van der Waals surface area contributed by atoms with E-state index in [2.05, 4.69) is 23.1 Å². The van der Waals surface area contributed by atoms with Crippen LogP contribution in [0, 0.1) is 12.8 Å². The fraction of sp³-hybridized carbons (Fsp3) is 0.565. The van der Waals surface area contributed by atoms with Crippen LogP contribution in [-0.4, -0.2) is 77.5 Å². The summed E-state index contributed by atoms with van der Waals surface area (Å²) in [4.78, 5) is 17.7. The van der Waals surface area contributed by atoms with Crippen molar-refractivity contribution in [3.63, 3.8) is 0 Å². The molecule has 32 heavy (non-hydrogen) atoms. The lowest BCUT2D eigenvalue weighted by Crippen LogP contribution is -2.51. The second-order valence-electron chi connectivity index (χ2n) is 8.69. The van der Waals surface area contributed by atoms with E-state index in [1.165, 1.54) is 9.87 Å². The van der Waals surface area contributed by atoms with Crippen LogP contribution in [0.1, 0.15) is 31.0 Å². The normalized spacial score (nSPS) is 19.4. The molecule has 0 saturated carbocycles. The molecule has 0 spiro atoms. The summed E-state index contributed by atoms with van der Waals surface area (Å²) in [6.07, 6.45) is 3.28. The van der Waals surface area contributed by atoms with Gasteiger partial charge in [-0.1, -0.05) is 18.2 Å². The predicted octanol–water partition coefficient (Wildman–Crippen LogP) is 1.96. The summed E-state index contributed by atoms with van der Waals surface area (Å²) in [5.74, 6) is 0.0881. The van der Waals surface area contributed by atoms with Crippen molar-refractivity contribution in [3.05, 3.63) is 47.8 Å². The Morgan fingerprint density at radius 3 is 2.28 bits per heavy atom. The van der Waals surface area contributed by atoms with Crippen LogP contribution >= 0.6 is 0 Å². The molecule has 2 saturated heterocycles. The highest BCUT2D eigenvalue weighted by Crippen LogP contribution is 2.25. The highest BCUT2D eigenvalue weighted by molar-refractivity contribution is 7.89. The van der Waals surface area contributed by atoms with Crippen LogP contribution < -0.4 is 0 Å². The van der Waals surface area contributed by atoms with E-state index in [1.807, 2.05) is 22.6 Å². The third-order valence-corrected chi connectivity index (χ3v) is 8.55. The molecule has 1 aromatic carbocycles. The van der Waals surface area contributed by atoms with Gasteiger partial charge in [-0.2, -0.15) is 9.40 Å². The molecule has 0 radical (unpaired) electrons. The fourth-order valence-corrected chi connectivity index (χ4v) is 6.08. The third kappa shape index (κ3) is 4.89. The molecule has 4 rings (SSSR count). The number of piperidine rings is 1. The van der Waals surface area contributed by atoms with Crippen LogP contribution in [0.4, 0.5) is 0 Å². The Balaban J connectivity index is 1.27. The molecule has 0 atom stereocenters. The van der Waals surface area contributed by atoms with Gasteiger partial charge in [-0.15, -0.1) is 0 Å². The zero-order chi connectivity index (χ0) is 22.7. The average molecular weight is 460 g/mol. The molecular weight excluding hydrogens is 426 g/mol. The summed E-state index contributed by atoms with van der Waals surface area (Å²) in [6.45, 7) is 9.81. The van der Waals surface area contributed by atoms with Crippen molar-refractivity contribution in [2.75, 3.05) is 39.3 Å². The second kappa shape index (κ2) is 9.72. The lowest BCUT2D eigenvalue weighted by molar-refractivity contribution is -0.138. The van der Waals surface area contributed by atoms with Crippen LogP contribution in [0.5, 0.6) is 0 Å². The molecule has 1 aromatic heterocycles. The van der Waals surface area contributed by atoms with E-state index in [0.717, 1.165) is 45.0 Å². The number of nitrogens with zero attached hydrogens (tertiary/aromatic N) is 5. The maximum atomic E-state index is 13.1. The number of sulfonamides is 1. The first-order valence-electron chi connectivity index (χ1n) is 11.5. The lowest BCUT2D eigenvalue weighted by atomic mass is 9.96. The first-order chi connectivity index (χ1) is 15.4. The van der Waals surface area contributed by atoms with Crippen molar-refractivity contribution in [2.45, 2.75) is 44.7 Å². The van der Waals surface area contributed by atoms with E-state index in [0.29, 0.717) is 30.8 Å². The smallest absolute Gasteiger partial charge is 0.243 e. The number of carbonyl (C=O) groups excluding carboxylic acids is 1. The number of benzene rings is 1. The van der Waals surface area contributed by atoms with E-state index < -0.39 is 10.0 Å². The van der Waals surface area contributed by atoms with Crippen LogP contribution in [-0.2, 0) is 27.9 Å². The lowest BCUT2D eigenvalue weighted by Gasteiger charge is -2.38. The third-order valence-electron chi connectivity index (χ3n) is 6.63. The standard InChI is InChI=1S/C23H33N5O3S/c1-3-27-18-21(19(2)24-27)17-25-13-15-26(16-14-25)23(29)20-9-11-28(12-10-20)32(30,31)22-7-5-4-6-8-22/h4-8,18,20H,3,9-17H2,1-2H3. The largest absolute Gasteiger partial charge is 0.340 e. The van der Waals surface area contributed by atoms with E-state index in [9.17, 15) is 13.2 Å². The minimum atomic E-state index is -3.48. The average Bonchev–Trinajstić information content (AvgIpc) is 3.19. The molecule has 2 aromatic rings.